The molecular formula is C22H19N5O6. The van der Waals surface area contributed by atoms with Crippen molar-refractivity contribution in [3.05, 3.63) is 64.2 Å². The van der Waals surface area contributed by atoms with Gasteiger partial charge < -0.3 is 25.3 Å². The number of aromatic hydroxyl groups is 1. The summed E-state index contributed by atoms with van der Waals surface area (Å²) in [6.07, 6.45) is 0. The standard InChI is InChI=1S/C22H19N5O6/c1-3-33-21(30)12-5-4-6-13(9-12)27-20-17(25-22(27)31)16(18(23)29)24-19(26-20)11-7-8-15(32-2)14(28)10-11/h4-10,28H,3H2,1-2H3,(H2,23,29)(H,25,31). The van der Waals surface area contributed by atoms with Crippen molar-refractivity contribution >= 4 is 23.0 Å². The first kappa shape index (κ1) is 21.6. The maximum Gasteiger partial charge on any atom is 0.338 e. The number of aromatic nitrogens is 4. The Bertz CT molecular complexity index is 1460. The first-order valence-electron chi connectivity index (χ1n) is 9.81. The second-order valence-corrected chi connectivity index (χ2v) is 6.88. The molecule has 168 valence electrons. The van der Waals surface area contributed by atoms with Gasteiger partial charge in [0.15, 0.2) is 28.7 Å². The van der Waals surface area contributed by atoms with Gasteiger partial charge >= 0.3 is 11.7 Å². The second-order valence-electron chi connectivity index (χ2n) is 6.88. The highest BCUT2D eigenvalue weighted by Crippen LogP contribution is 2.31. The summed E-state index contributed by atoms with van der Waals surface area (Å²) >= 11 is 0. The van der Waals surface area contributed by atoms with Crippen LogP contribution in [-0.4, -0.2) is 50.2 Å². The van der Waals surface area contributed by atoms with Crippen LogP contribution in [0.2, 0.25) is 0 Å². The van der Waals surface area contributed by atoms with Crippen molar-refractivity contribution in [3.63, 3.8) is 0 Å². The molecule has 2 aromatic carbocycles. The lowest BCUT2D eigenvalue weighted by Gasteiger charge is -2.09. The number of amides is 1. The lowest BCUT2D eigenvalue weighted by Crippen LogP contribution is -2.16. The van der Waals surface area contributed by atoms with Gasteiger partial charge in [0.1, 0.15) is 5.52 Å². The van der Waals surface area contributed by atoms with E-state index in [0.717, 1.165) is 0 Å². The maximum atomic E-state index is 12.8. The highest BCUT2D eigenvalue weighted by atomic mass is 16.5. The summed E-state index contributed by atoms with van der Waals surface area (Å²) in [4.78, 5) is 48.3. The van der Waals surface area contributed by atoms with Crippen molar-refractivity contribution in [1.29, 1.82) is 0 Å². The van der Waals surface area contributed by atoms with E-state index in [-0.39, 0.29) is 46.4 Å². The van der Waals surface area contributed by atoms with Gasteiger partial charge in [0.25, 0.3) is 5.91 Å². The Balaban J connectivity index is 1.96. The van der Waals surface area contributed by atoms with Crippen LogP contribution in [0.4, 0.5) is 0 Å². The van der Waals surface area contributed by atoms with Gasteiger partial charge in [-0.15, -0.1) is 0 Å². The second kappa shape index (κ2) is 8.46. The molecule has 4 aromatic rings. The van der Waals surface area contributed by atoms with Gasteiger partial charge in [0, 0.05) is 5.56 Å². The van der Waals surface area contributed by atoms with E-state index >= 15 is 0 Å². The van der Waals surface area contributed by atoms with Gasteiger partial charge in [-0.25, -0.2) is 24.1 Å². The fraction of sp³-hybridized carbons (Fsp3) is 0.136. The third-order valence-corrected chi connectivity index (χ3v) is 4.82. The van der Waals surface area contributed by atoms with E-state index in [0.29, 0.717) is 11.3 Å². The molecule has 33 heavy (non-hydrogen) atoms. The fourth-order valence-electron chi connectivity index (χ4n) is 3.35. The Kier molecular flexibility index (Phi) is 5.53. The number of methoxy groups -OCH3 is 1. The van der Waals surface area contributed by atoms with Gasteiger partial charge in [-0.2, -0.15) is 0 Å². The highest BCUT2D eigenvalue weighted by molar-refractivity contribution is 6.02. The average Bonchev–Trinajstić information content (AvgIpc) is 3.14. The molecule has 0 atom stereocenters. The van der Waals surface area contributed by atoms with Crippen molar-refractivity contribution in [2.45, 2.75) is 6.92 Å². The predicted octanol–water partition coefficient (Wildman–Crippen LogP) is 1.77. The summed E-state index contributed by atoms with van der Waals surface area (Å²) in [5, 5.41) is 10.1. The minimum absolute atomic E-state index is 0.0375. The number of phenolic OH excluding ortho intramolecular Hbond substituents is 1. The van der Waals surface area contributed by atoms with Crippen molar-refractivity contribution in [2.24, 2.45) is 5.73 Å². The number of esters is 1. The number of rotatable bonds is 6. The van der Waals surface area contributed by atoms with Gasteiger partial charge in [0.05, 0.1) is 25.0 Å². The third kappa shape index (κ3) is 3.87. The maximum absolute atomic E-state index is 12.8. The molecule has 0 radical (unpaired) electrons. The quantitative estimate of drug-likeness (QED) is 0.375. The lowest BCUT2D eigenvalue weighted by molar-refractivity contribution is 0.0526. The smallest absolute Gasteiger partial charge is 0.338 e. The van der Waals surface area contributed by atoms with Crippen LogP contribution in [0.25, 0.3) is 28.2 Å². The van der Waals surface area contributed by atoms with Crippen LogP contribution < -0.4 is 16.2 Å². The number of nitrogens with zero attached hydrogens (tertiary/aromatic N) is 3. The molecule has 0 aliphatic heterocycles. The van der Waals surface area contributed by atoms with Crippen LogP contribution in [-0.2, 0) is 4.74 Å². The monoisotopic (exact) mass is 449 g/mol. The largest absolute Gasteiger partial charge is 0.504 e. The van der Waals surface area contributed by atoms with Crippen LogP contribution in [0.15, 0.2) is 47.3 Å². The molecule has 0 bridgehead atoms. The predicted molar refractivity (Wildman–Crippen MR) is 118 cm³/mol. The Morgan fingerprint density at radius 3 is 2.64 bits per heavy atom. The zero-order valence-electron chi connectivity index (χ0n) is 17.7. The minimum atomic E-state index is -0.880. The van der Waals surface area contributed by atoms with Crippen LogP contribution in [0, 0.1) is 0 Å². The number of phenols is 1. The molecule has 4 rings (SSSR count). The number of imidazole rings is 1. The molecule has 0 fully saturated rings. The molecule has 11 heteroatoms. The summed E-state index contributed by atoms with van der Waals surface area (Å²) in [5.74, 6) is -1.30. The van der Waals surface area contributed by atoms with E-state index in [1.807, 2.05) is 0 Å². The highest BCUT2D eigenvalue weighted by Gasteiger charge is 2.21. The molecule has 1 amide bonds. The zero-order chi connectivity index (χ0) is 23.7. The molecule has 0 unspecified atom stereocenters. The Hall–Kier alpha value is -4.67. The van der Waals surface area contributed by atoms with E-state index in [1.54, 1.807) is 31.2 Å². The minimum Gasteiger partial charge on any atom is -0.504 e. The molecule has 2 aromatic heterocycles. The average molecular weight is 449 g/mol. The van der Waals surface area contributed by atoms with Crippen molar-refractivity contribution in [3.8, 4) is 28.6 Å². The summed E-state index contributed by atoms with van der Waals surface area (Å²) in [5.41, 5.74) is 5.70. The molecule has 11 nitrogen and oxygen atoms in total. The topological polar surface area (TPSA) is 162 Å². The number of benzene rings is 2. The number of carbonyl (C=O) groups excluding carboxylic acids is 2. The number of H-pyrrole nitrogens is 1. The number of hydrogen-bond acceptors (Lipinski definition) is 8. The summed E-state index contributed by atoms with van der Waals surface area (Å²) in [6.45, 7) is 1.88. The van der Waals surface area contributed by atoms with Crippen molar-refractivity contribution in [1.82, 2.24) is 19.5 Å². The van der Waals surface area contributed by atoms with Gasteiger partial charge in [0.2, 0.25) is 0 Å². The summed E-state index contributed by atoms with van der Waals surface area (Å²) in [7, 11) is 1.41. The number of primary amides is 1. The Morgan fingerprint density at radius 2 is 1.97 bits per heavy atom. The summed E-state index contributed by atoms with van der Waals surface area (Å²) in [6, 6.07) is 10.7. The van der Waals surface area contributed by atoms with Crippen molar-refractivity contribution < 1.29 is 24.2 Å². The molecule has 0 spiro atoms. The molecule has 4 N–H and O–H groups in total. The molecule has 2 heterocycles. The van der Waals surface area contributed by atoms with Crippen LogP contribution in [0.1, 0.15) is 27.8 Å². The van der Waals surface area contributed by atoms with Gasteiger partial charge in [-0.3, -0.25) is 4.79 Å². The molecular weight excluding hydrogens is 430 g/mol. The number of nitrogens with one attached hydrogen (secondary N) is 1. The van der Waals surface area contributed by atoms with E-state index in [1.165, 1.54) is 29.9 Å². The number of ether oxygens (including phenoxy) is 2. The molecule has 0 aliphatic carbocycles. The van der Waals surface area contributed by atoms with E-state index < -0.39 is 17.6 Å². The van der Waals surface area contributed by atoms with E-state index in [9.17, 15) is 19.5 Å². The Labute approximate surface area is 186 Å². The number of nitrogens with two attached hydrogens (primary N) is 1. The number of carbonyl (C=O) groups is 2. The lowest BCUT2D eigenvalue weighted by atomic mass is 10.1. The summed E-state index contributed by atoms with van der Waals surface area (Å²) < 4.78 is 11.3. The SMILES string of the molecule is CCOC(=O)c1cccc(-n2c(=O)[nH]c3c(C(N)=O)nc(-c4ccc(OC)c(O)c4)nc32)c1. The first-order chi connectivity index (χ1) is 15.8. The number of aromatic amines is 1. The Morgan fingerprint density at radius 1 is 1.18 bits per heavy atom. The zero-order valence-corrected chi connectivity index (χ0v) is 17.7. The normalized spacial score (nSPS) is 10.8. The molecule has 0 aliphatic rings. The first-order valence-corrected chi connectivity index (χ1v) is 9.81. The third-order valence-electron chi connectivity index (χ3n) is 4.82. The van der Waals surface area contributed by atoms with E-state index in [2.05, 4.69) is 15.0 Å². The molecule has 0 saturated carbocycles. The van der Waals surface area contributed by atoms with Crippen molar-refractivity contribution in [2.75, 3.05) is 13.7 Å². The van der Waals surface area contributed by atoms with Crippen LogP contribution in [0.5, 0.6) is 11.5 Å². The molecule has 0 saturated heterocycles. The van der Waals surface area contributed by atoms with Crippen LogP contribution >= 0.6 is 0 Å². The van der Waals surface area contributed by atoms with E-state index in [4.69, 9.17) is 15.2 Å². The fourth-order valence-corrected chi connectivity index (χ4v) is 3.35. The number of fused-ring (bicyclic) bond motifs is 1. The van der Waals surface area contributed by atoms with Gasteiger partial charge in [-0.1, -0.05) is 6.07 Å². The number of hydrogen-bond donors (Lipinski definition) is 3. The van der Waals surface area contributed by atoms with Gasteiger partial charge in [-0.05, 0) is 43.3 Å². The van der Waals surface area contributed by atoms with Crippen LogP contribution in [0.3, 0.4) is 0 Å².